The van der Waals surface area contributed by atoms with Crippen LogP contribution in [0.15, 0.2) is 30.3 Å². The maximum absolute atomic E-state index is 12.0. The van der Waals surface area contributed by atoms with Gasteiger partial charge >= 0.3 is 0 Å². The Hall–Kier alpha value is -1.59. The van der Waals surface area contributed by atoms with Gasteiger partial charge in [-0.2, -0.15) is 0 Å². The number of hydrogen-bond acceptors (Lipinski definition) is 3. The second-order valence-corrected chi connectivity index (χ2v) is 6.02. The first kappa shape index (κ1) is 22.4. The van der Waals surface area contributed by atoms with E-state index >= 15 is 0 Å². The van der Waals surface area contributed by atoms with E-state index in [1.54, 1.807) is 4.90 Å². The highest BCUT2D eigenvalue weighted by atomic mass is 35.5. The number of hydrogen-bond donors (Lipinski definition) is 2. The van der Waals surface area contributed by atoms with Gasteiger partial charge in [0.2, 0.25) is 11.8 Å². The summed E-state index contributed by atoms with van der Waals surface area (Å²) in [4.78, 5) is 25.4. The Labute approximate surface area is 151 Å². The third-order valence-corrected chi connectivity index (χ3v) is 4.32. The Morgan fingerprint density at radius 3 is 2.25 bits per heavy atom. The lowest BCUT2D eigenvalue weighted by molar-refractivity contribution is -0.130. The SMILES string of the molecule is CCC(N)(CC)CNC(=O)CCN(Cc1ccccc1)C(C)=O.Cl. The first-order valence-electron chi connectivity index (χ1n) is 8.25. The van der Waals surface area contributed by atoms with Gasteiger partial charge < -0.3 is 16.0 Å². The van der Waals surface area contributed by atoms with Crippen LogP contribution in [0.4, 0.5) is 0 Å². The molecule has 0 bridgehead atoms. The van der Waals surface area contributed by atoms with Gasteiger partial charge in [0.25, 0.3) is 0 Å². The van der Waals surface area contributed by atoms with Crippen LogP contribution in [-0.4, -0.2) is 35.3 Å². The molecule has 2 amide bonds. The van der Waals surface area contributed by atoms with Crippen LogP contribution in [0, 0.1) is 0 Å². The average Bonchev–Trinajstić information content (AvgIpc) is 2.57. The van der Waals surface area contributed by atoms with Crippen molar-refractivity contribution in [3.05, 3.63) is 35.9 Å². The molecule has 0 aliphatic heterocycles. The molecule has 0 aromatic heterocycles. The molecule has 1 rings (SSSR count). The molecule has 1 aromatic carbocycles. The molecule has 3 N–H and O–H groups in total. The number of carbonyl (C=O) groups is 2. The van der Waals surface area contributed by atoms with Crippen LogP contribution in [0.3, 0.4) is 0 Å². The van der Waals surface area contributed by atoms with Gasteiger partial charge in [0, 0.05) is 38.5 Å². The van der Waals surface area contributed by atoms with Crippen molar-refractivity contribution < 1.29 is 9.59 Å². The third-order valence-electron chi connectivity index (χ3n) is 4.32. The van der Waals surface area contributed by atoms with Crippen LogP contribution >= 0.6 is 12.4 Å². The highest BCUT2D eigenvalue weighted by molar-refractivity contribution is 5.85. The Morgan fingerprint density at radius 1 is 1.17 bits per heavy atom. The smallest absolute Gasteiger partial charge is 0.221 e. The van der Waals surface area contributed by atoms with Crippen LogP contribution in [0.1, 0.15) is 45.6 Å². The normalized spacial score (nSPS) is 10.7. The van der Waals surface area contributed by atoms with Crippen LogP contribution in [0.5, 0.6) is 0 Å². The molecule has 0 saturated heterocycles. The molecular formula is C18H30ClN3O2. The predicted molar refractivity (Wildman–Crippen MR) is 99.9 cm³/mol. The van der Waals surface area contributed by atoms with Crippen LogP contribution in [0.2, 0.25) is 0 Å². The number of nitrogens with zero attached hydrogens (tertiary/aromatic N) is 1. The highest BCUT2D eigenvalue weighted by Crippen LogP contribution is 2.09. The first-order chi connectivity index (χ1) is 10.9. The van der Waals surface area contributed by atoms with E-state index in [-0.39, 0.29) is 36.2 Å². The summed E-state index contributed by atoms with van der Waals surface area (Å²) in [6.45, 7) is 6.97. The minimum atomic E-state index is -0.347. The lowest BCUT2D eigenvalue weighted by Gasteiger charge is -2.27. The van der Waals surface area contributed by atoms with E-state index in [2.05, 4.69) is 5.32 Å². The van der Waals surface area contributed by atoms with Crippen molar-refractivity contribution >= 4 is 24.2 Å². The van der Waals surface area contributed by atoms with Crippen molar-refractivity contribution in [3.8, 4) is 0 Å². The van der Waals surface area contributed by atoms with Crippen molar-refractivity contribution in [1.29, 1.82) is 0 Å². The molecule has 6 heteroatoms. The Kier molecular flexibility index (Phi) is 10.3. The highest BCUT2D eigenvalue weighted by Gasteiger charge is 2.21. The molecule has 0 aliphatic carbocycles. The zero-order valence-corrected chi connectivity index (χ0v) is 15.7. The lowest BCUT2D eigenvalue weighted by Crippen LogP contribution is -2.49. The molecule has 136 valence electrons. The number of rotatable bonds is 9. The molecule has 5 nitrogen and oxygen atoms in total. The quantitative estimate of drug-likeness (QED) is 0.714. The number of carbonyl (C=O) groups excluding carboxylic acids is 2. The van der Waals surface area contributed by atoms with E-state index in [0.29, 0.717) is 19.6 Å². The number of amides is 2. The van der Waals surface area contributed by atoms with Crippen LogP contribution in [-0.2, 0) is 16.1 Å². The molecule has 0 radical (unpaired) electrons. The van der Waals surface area contributed by atoms with Crippen molar-refractivity contribution in [1.82, 2.24) is 10.2 Å². The minimum Gasteiger partial charge on any atom is -0.354 e. The second kappa shape index (κ2) is 11.0. The summed E-state index contributed by atoms with van der Waals surface area (Å²) in [5.74, 6) is -0.0991. The topological polar surface area (TPSA) is 75.4 Å². The fraction of sp³-hybridized carbons (Fsp3) is 0.556. The largest absolute Gasteiger partial charge is 0.354 e. The maximum Gasteiger partial charge on any atom is 0.221 e. The van der Waals surface area contributed by atoms with Gasteiger partial charge in [-0.3, -0.25) is 9.59 Å². The number of nitrogens with two attached hydrogens (primary N) is 1. The monoisotopic (exact) mass is 355 g/mol. The van der Waals surface area contributed by atoms with Crippen molar-refractivity contribution in [2.24, 2.45) is 5.73 Å². The zero-order chi connectivity index (χ0) is 17.3. The van der Waals surface area contributed by atoms with Crippen LogP contribution in [0.25, 0.3) is 0 Å². The third kappa shape index (κ3) is 7.79. The van der Waals surface area contributed by atoms with Gasteiger partial charge in [-0.05, 0) is 18.4 Å². The number of nitrogens with one attached hydrogen (secondary N) is 1. The van der Waals surface area contributed by atoms with E-state index < -0.39 is 0 Å². The standard InChI is InChI=1S/C18H29N3O2.ClH/c1-4-18(19,5-2)14-20-17(23)11-12-21(15(3)22)13-16-9-7-6-8-10-16;/h6-10H,4-5,11-14,19H2,1-3H3,(H,20,23);1H. The molecule has 0 heterocycles. The lowest BCUT2D eigenvalue weighted by atomic mass is 9.94. The predicted octanol–water partition coefficient (Wildman–Crippen LogP) is 2.48. The van der Waals surface area contributed by atoms with Crippen molar-refractivity contribution in [2.75, 3.05) is 13.1 Å². The molecule has 1 aromatic rings. The molecule has 0 unspecified atom stereocenters. The Bertz CT molecular complexity index is 504. The zero-order valence-electron chi connectivity index (χ0n) is 14.9. The van der Waals surface area contributed by atoms with E-state index in [4.69, 9.17) is 5.73 Å². The summed E-state index contributed by atoms with van der Waals surface area (Å²) in [5, 5.41) is 2.88. The molecule has 0 aliphatic rings. The van der Waals surface area contributed by atoms with Crippen LogP contribution < -0.4 is 11.1 Å². The summed E-state index contributed by atoms with van der Waals surface area (Å²) in [6, 6.07) is 9.77. The summed E-state index contributed by atoms with van der Waals surface area (Å²) < 4.78 is 0. The second-order valence-electron chi connectivity index (χ2n) is 6.02. The Balaban J connectivity index is 0.00000529. The van der Waals surface area contributed by atoms with Gasteiger partial charge in [0.15, 0.2) is 0 Å². The van der Waals surface area contributed by atoms with Crippen molar-refractivity contribution in [2.45, 2.75) is 52.1 Å². The molecule has 0 atom stereocenters. The number of benzene rings is 1. The molecule has 0 fully saturated rings. The average molecular weight is 356 g/mol. The van der Waals surface area contributed by atoms with E-state index in [0.717, 1.165) is 18.4 Å². The fourth-order valence-electron chi connectivity index (χ4n) is 2.25. The Morgan fingerprint density at radius 2 is 1.75 bits per heavy atom. The minimum absolute atomic E-state index is 0. The van der Waals surface area contributed by atoms with E-state index in [1.807, 2.05) is 44.2 Å². The fourth-order valence-corrected chi connectivity index (χ4v) is 2.25. The molecule has 24 heavy (non-hydrogen) atoms. The van der Waals surface area contributed by atoms with E-state index in [9.17, 15) is 9.59 Å². The summed E-state index contributed by atoms with van der Waals surface area (Å²) in [6.07, 6.45) is 1.92. The molecule has 0 saturated carbocycles. The van der Waals surface area contributed by atoms with Gasteiger partial charge in [0.05, 0.1) is 0 Å². The summed E-state index contributed by atoms with van der Waals surface area (Å²) in [7, 11) is 0. The maximum atomic E-state index is 12.0. The molecule has 0 spiro atoms. The van der Waals surface area contributed by atoms with Gasteiger partial charge in [-0.1, -0.05) is 44.2 Å². The van der Waals surface area contributed by atoms with Crippen molar-refractivity contribution in [3.63, 3.8) is 0 Å². The first-order valence-corrected chi connectivity index (χ1v) is 8.25. The van der Waals surface area contributed by atoms with E-state index in [1.165, 1.54) is 6.92 Å². The van der Waals surface area contributed by atoms with Gasteiger partial charge in [0.1, 0.15) is 0 Å². The summed E-state index contributed by atoms with van der Waals surface area (Å²) in [5.41, 5.74) is 6.88. The van der Waals surface area contributed by atoms with Gasteiger partial charge in [-0.25, -0.2) is 0 Å². The van der Waals surface area contributed by atoms with Gasteiger partial charge in [-0.15, -0.1) is 12.4 Å². The summed E-state index contributed by atoms with van der Waals surface area (Å²) >= 11 is 0. The number of halogens is 1. The molecular weight excluding hydrogens is 326 g/mol.